The lowest BCUT2D eigenvalue weighted by molar-refractivity contribution is 0.181. The van der Waals surface area contributed by atoms with Gasteiger partial charge in [0.15, 0.2) is 0 Å². The standard InChI is InChI=1S/C15H19FN2O2S/c1-4-17-8-13-11(9-19-2)18-15(21-13)14-10(16)6-5-7-12(14)20-3/h5-7,17H,4,8-9H2,1-3H3. The maximum absolute atomic E-state index is 14.1. The van der Waals surface area contributed by atoms with Gasteiger partial charge in [-0.1, -0.05) is 13.0 Å². The summed E-state index contributed by atoms with van der Waals surface area (Å²) >= 11 is 1.46. The summed E-state index contributed by atoms with van der Waals surface area (Å²) in [6.45, 7) is 4.01. The first-order valence-electron chi connectivity index (χ1n) is 6.72. The van der Waals surface area contributed by atoms with Gasteiger partial charge in [0.1, 0.15) is 16.6 Å². The molecular weight excluding hydrogens is 291 g/mol. The number of methoxy groups -OCH3 is 2. The highest BCUT2D eigenvalue weighted by atomic mass is 32.1. The van der Waals surface area contributed by atoms with Gasteiger partial charge in [-0.15, -0.1) is 11.3 Å². The van der Waals surface area contributed by atoms with Crippen molar-refractivity contribution in [2.75, 3.05) is 20.8 Å². The van der Waals surface area contributed by atoms with E-state index < -0.39 is 0 Å². The number of hydrogen-bond acceptors (Lipinski definition) is 5. The summed E-state index contributed by atoms with van der Waals surface area (Å²) in [6, 6.07) is 4.78. The Morgan fingerprint density at radius 2 is 2.14 bits per heavy atom. The zero-order chi connectivity index (χ0) is 15.2. The summed E-state index contributed by atoms with van der Waals surface area (Å²) in [5, 5.41) is 3.88. The lowest BCUT2D eigenvalue weighted by Crippen LogP contribution is -2.12. The number of nitrogens with zero attached hydrogens (tertiary/aromatic N) is 1. The average Bonchev–Trinajstić information content (AvgIpc) is 2.87. The van der Waals surface area contributed by atoms with Gasteiger partial charge in [0.05, 0.1) is 25.0 Å². The molecule has 4 nitrogen and oxygen atoms in total. The first kappa shape index (κ1) is 15.9. The van der Waals surface area contributed by atoms with Crippen molar-refractivity contribution in [3.63, 3.8) is 0 Å². The minimum Gasteiger partial charge on any atom is -0.496 e. The van der Waals surface area contributed by atoms with E-state index in [9.17, 15) is 4.39 Å². The molecule has 0 saturated carbocycles. The van der Waals surface area contributed by atoms with Gasteiger partial charge < -0.3 is 14.8 Å². The second kappa shape index (κ2) is 7.49. The van der Waals surface area contributed by atoms with Crippen LogP contribution in [0.25, 0.3) is 10.6 Å². The van der Waals surface area contributed by atoms with Crippen LogP contribution in [-0.4, -0.2) is 25.7 Å². The van der Waals surface area contributed by atoms with Crippen molar-refractivity contribution in [3.05, 3.63) is 34.6 Å². The first-order chi connectivity index (χ1) is 10.2. The topological polar surface area (TPSA) is 43.4 Å². The molecule has 0 amide bonds. The van der Waals surface area contributed by atoms with Crippen molar-refractivity contribution in [2.24, 2.45) is 0 Å². The molecule has 0 atom stereocenters. The Hall–Kier alpha value is -1.50. The van der Waals surface area contributed by atoms with E-state index in [1.807, 2.05) is 6.92 Å². The van der Waals surface area contributed by atoms with Crippen LogP contribution < -0.4 is 10.1 Å². The number of ether oxygens (including phenoxy) is 2. The van der Waals surface area contributed by atoms with Gasteiger partial charge in [-0.25, -0.2) is 9.37 Å². The molecule has 0 fully saturated rings. The Balaban J connectivity index is 2.44. The average molecular weight is 310 g/mol. The van der Waals surface area contributed by atoms with Gasteiger partial charge in [-0.3, -0.25) is 0 Å². The third kappa shape index (κ3) is 3.58. The molecule has 21 heavy (non-hydrogen) atoms. The molecule has 0 spiro atoms. The second-order valence-corrected chi connectivity index (χ2v) is 5.50. The molecule has 0 aliphatic carbocycles. The summed E-state index contributed by atoms with van der Waals surface area (Å²) < 4.78 is 24.6. The minimum absolute atomic E-state index is 0.331. The first-order valence-corrected chi connectivity index (χ1v) is 7.54. The van der Waals surface area contributed by atoms with E-state index in [1.54, 1.807) is 19.2 Å². The van der Waals surface area contributed by atoms with E-state index in [4.69, 9.17) is 9.47 Å². The number of benzene rings is 1. The molecule has 0 bridgehead atoms. The molecule has 0 radical (unpaired) electrons. The largest absolute Gasteiger partial charge is 0.496 e. The highest BCUT2D eigenvalue weighted by Gasteiger charge is 2.18. The fourth-order valence-corrected chi connectivity index (χ4v) is 3.08. The minimum atomic E-state index is -0.331. The maximum atomic E-state index is 14.1. The van der Waals surface area contributed by atoms with Gasteiger partial charge in [0.25, 0.3) is 0 Å². The fraction of sp³-hybridized carbons (Fsp3) is 0.400. The summed E-state index contributed by atoms with van der Waals surface area (Å²) in [6.07, 6.45) is 0. The van der Waals surface area contributed by atoms with E-state index >= 15 is 0 Å². The molecule has 2 rings (SSSR count). The van der Waals surface area contributed by atoms with Crippen molar-refractivity contribution >= 4 is 11.3 Å². The molecule has 0 aliphatic rings. The van der Waals surface area contributed by atoms with Gasteiger partial charge in [0, 0.05) is 18.5 Å². The fourth-order valence-electron chi connectivity index (χ4n) is 2.00. The van der Waals surface area contributed by atoms with Crippen LogP contribution in [0.1, 0.15) is 17.5 Å². The Bertz CT molecular complexity index is 601. The lowest BCUT2D eigenvalue weighted by atomic mass is 10.2. The molecular formula is C15H19FN2O2S. The van der Waals surface area contributed by atoms with Crippen LogP contribution in [0.3, 0.4) is 0 Å². The highest BCUT2D eigenvalue weighted by Crippen LogP contribution is 2.36. The van der Waals surface area contributed by atoms with E-state index in [2.05, 4.69) is 10.3 Å². The summed E-state index contributed by atoms with van der Waals surface area (Å²) in [5.74, 6) is 0.157. The van der Waals surface area contributed by atoms with Crippen LogP contribution in [0.4, 0.5) is 4.39 Å². The van der Waals surface area contributed by atoms with Crippen molar-refractivity contribution in [1.29, 1.82) is 0 Å². The van der Waals surface area contributed by atoms with Crippen LogP contribution in [0, 0.1) is 5.82 Å². The summed E-state index contributed by atoms with van der Waals surface area (Å²) in [4.78, 5) is 5.58. The Morgan fingerprint density at radius 1 is 1.33 bits per heavy atom. The van der Waals surface area contributed by atoms with Gasteiger partial charge >= 0.3 is 0 Å². The van der Waals surface area contributed by atoms with E-state index in [0.29, 0.717) is 29.5 Å². The van der Waals surface area contributed by atoms with E-state index in [1.165, 1.54) is 24.5 Å². The molecule has 1 N–H and O–H groups in total. The van der Waals surface area contributed by atoms with Gasteiger partial charge in [0.2, 0.25) is 0 Å². The Kier molecular flexibility index (Phi) is 5.67. The molecule has 0 unspecified atom stereocenters. The predicted octanol–water partition coefficient (Wildman–Crippen LogP) is 3.21. The third-order valence-electron chi connectivity index (χ3n) is 3.00. The quantitative estimate of drug-likeness (QED) is 0.853. The molecule has 0 aliphatic heterocycles. The number of nitrogens with one attached hydrogen (secondary N) is 1. The monoisotopic (exact) mass is 310 g/mol. The second-order valence-electron chi connectivity index (χ2n) is 4.42. The maximum Gasteiger partial charge on any atom is 0.137 e. The molecule has 6 heteroatoms. The smallest absolute Gasteiger partial charge is 0.137 e. The molecule has 1 aromatic heterocycles. The van der Waals surface area contributed by atoms with Crippen molar-refractivity contribution in [3.8, 4) is 16.3 Å². The summed E-state index contributed by atoms with van der Waals surface area (Å²) in [5.41, 5.74) is 1.24. The van der Waals surface area contributed by atoms with Crippen LogP contribution in [-0.2, 0) is 17.9 Å². The number of rotatable bonds is 7. The number of aromatic nitrogens is 1. The van der Waals surface area contributed by atoms with Crippen molar-refractivity contribution < 1.29 is 13.9 Å². The highest BCUT2D eigenvalue weighted by molar-refractivity contribution is 7.15. The van der Waals surface area contributed by atoms with Crippen molar-refractivity contribution in [2.45, 2.75) is 20.1 Å². The van der Waals surface area contributed by atoms with E-state index in [0.717, 1.165) is 17.1 Å². The van der Waals surface area contributed by atoms with Gasteiger partial charge in [-0.05, 0) is 18.7 Å². The molecule has 114 valence electrons. The number of hydrogen-bond donors (Lipinski definition) is 1. The van der Waals surface area contributed by atoms with Crippen LogP contribution >= 0.6 is 11.3 Å². The molecule has 1 aromatic carbocycles. The zero-order valence-electron chi connectivity index (χ0n) is 12.4. The van der Waals surface area contributed by atoms with Crippen LogP contribution in [0.15, 0.2) is 18.2 Å². The third-order valence-corrected chi connectivity index (χ3v) is 4.12. The molecule has 2 aromatic rings. The number of thiazole rings is 1. The van der Waals surface area contributed by atoms with E-state index in [-0.39, 0.29) is 5.82 Å². The van der Waals surface area contributed by atoms with Crippen LogP contribution in [0.5, 0.6) is 5.75 Å². The Morgan fingerprint density at radius 3 is 2.81 bits per heavy atom. The summed E-state index contributed by atoms with van der Waals surface area (Å²) in [7, 11) is 3.15. The normalized spacial score (nSPS) is 10.9. The zero-order valence-corrected chi connectivity index (χ0v) is 13.2. The van der Waals surface area contributed by atoms with Crippen molar-refractivity contribution in [1.82, 2.24) is 10.3 Å². The number of halogens is 1. The Labute approximate surface area is 127 Å². The lowest BCUT2D eigenvalue weighted by Gasteiger charge is -2.06. The predicted molar refractivity (Wildman–Crippen MR) is 82.2 cm³/mol. The van der Waals surface area contributed by atoms with Gasteiger partial charge in [-0.2, -0.15) is 0 Å². The van der Waals surface area contributed by atoms with Crippen LogP contribution in [0.2, 0.25) is 0 Å². The molecule has 1 heterocycles. The SMILES string of the molecule is CCNCc1sc(-c2c(F)cccc2OC)nc1COC. The molecule has 0 saturated heterocycles.